The van der Waals surface area contributed by atoms with Gasteiger partial charge in [-0.05, 0) is 61.8 Å². The van der Waals surface area contributed by atoms with Crippen LogP contribution in [0.2, 0.25) is 0 Å². The molecule has 5 heteroatoms. The lowest BCUT2D eigenvalue weighted by Gasteiger charge is -2.25. The number of hydrogen-bond donors (Lipinski definition) is 2. The van der Waals surface area contributed by atoms with Gasteiger partial charge in [0, 0.05) is 13.2 Å². The molecule has 0 aliphatic rings. The average Bonchev–Trinajstić information content (AvgIpc) is 2.34. The van der Waals surface area contributed by atoms with Gasteiger partial charge in [0.1, 0.15) is 0 Å². The number of aliphatic hydroxyl groups is 1. The Labute approximate surface area is 128 Å². The molecule has 1 aromatic rings. The molecule has 0 amide bonds. The summed E-state index contributed by atoms with van der Waals surface area (Å²) in [6.07, 6.45) is 0.556. The van der Waals surface area contributed by atoms with Crippen molar-refractivity contribution in [2.75, 3.05) is 13.2 Å². The maximum atomic E-state index is 12.7. The SMILES string of the molecule is Cc1cc(C)c(C)c(S(=O)(=O)NCC(C)(C)CCO)c1C. The molecule has 0 unspecified atom stereocenters. The van der Waals surface area contributed by atoms with Gasteiger partial charge >= 0.3 is 0 Å². The van der Waals surface area contributed by atoms with Crippen LogP contribution in [0.3, 0.4) is 0 Å². The highest BCUT2D eigenvalue weighted by Crippen LogP contribution is 2.27. The van der Waals surface area contributed by atoms with Crippen LogP contribution in [0.1, 0.15) is 42.5 Å². The minimum Gasteiger partial charge on any atom is -0.396 e. The minimum atomic E-state index is -3.55. The predicted octanol–water partition coefficient (Wildman–Crippen LogP) is 2.61. The van der Waals surface area contributed by atoms with E-state index in [1.54, 1.807) is 0 Å². The molecule has 1 rings (SSSR count). The highest BCUT2D eigenvalue weighted by molar-refractivity contribution is 7.89. The Morgan fingerprint density at radius 1 is 1.10 bits per heavy atom. The number of benzene rings is 1. The van der Waals surface area contributed by atoms with Gasteiger partial charge in [0.15, 0.2) is 0 Å². The number of hydrogen-bond acceptors (Lipinski definition) is 3. The summed E-state index contributed by atoms with van der Waals surface area (Å²) < 4.78 is 28.0. The van der Waals surface area contributed by atoms with Crippen molar-refractivity contribution in [3.8, 4) is 0 Å². The Kier molecular flexibility index (Phi) is 5.58. The molecular weight excluding hydrogens is 286 g/mol. The molecular formula is C16H27NO3S. The normalized spacial score (nSPS) is 12.7. The third-order valence-electron chi connectivity index (χ3n) is 4.10. The standard InChI is InChI=1S/C16H27NO3S/c1-11-9-12(2)14(4)15(13(11)3)21(19,20)17-10-16(5,6)7-8-18/h9,17-18H,7-8,10H2,1-6H3. The van der Waals surface area contributed by atoms with Gasteiger partial charge in [-0.15, -0.1) is 0 Å². The summed E-state index contributed by atoms with van der Waals surface area (Å²) in [7, 11) is -3.55. The lowest BCUT2D eigenvalue weighted by atomic mass is 9.90. The minimum absolute atomic E-state index is 0.0519. The van der Waals surface area contributed by atoms with Crippen molar-refractivity contribution >= 4 is 10.0 Å². The second-order valence-electron chi connectivity index (χ2n) is 6.55. The number of rotatable bonds is 6. The highest BCUT2D eigenvalue weighted by Gasteiger charge is 2.25. The summed E-state index contributed by atoms with van der Waals surface area (Å²) in [6, 6.07) is 2.01. The lowest BCUT2D eigenvalue weighted by Crippen LogP contribution is -2.35. The zero-order valence-corrected chi connectivity index (χ0v) is 14.7. The van der Waals surface area contributed by atoms with Crippen LogP contribution < -0.4 is 4.72 Å². The van der Waals surface area contributed by atoms with Crippen LogP contribution in [0.4, 0.5) is 0 Å². The van der Waals surface area contributed by atoms with Gasteiger partial charge in [0.05, 0.1) is 4.90 Å². The van der Waals surface area contributed by atoms with Crippen LogP contribution >= 0.6 is 0 Å². The summed E-state index contributed by atoms with van der Waals surface area (Å²) >= 11 is 0. The summed E-state index contributed by atoms with van der Waals surface area (Å²) in [4.78, 5) is 0.389. The van der Waals surface area contributed by atoms with Crippen molar-refractivity contribution in [3.05, 3.63) is 28.3 Å². The van der Waals surface area contributed by atoms with E-state index in [0.29, 0.717) is 17.9 Å². The number of aliphatic hydroxyl groups excluding tert-OH is 1. The molecule has 4 nitrogen and oxygen atoms in total. The van der Waals surface area contributed by atoms with E-state index in [0.717, 1.165) is 22.3 Å². The van der Waals surface area contributed by atoms with Crippen molar-refractivity contribution in [1.29, 1.82) is 0 Å². The Bertz CT molecular complexity index is 593. The van der Waals surface area contributed by atoms with Crippen molar-refractivity contribution in [2.24, 2.45) is 5.41 Å². The Balaban J connectivity index is 3.16. The van der Waals surface area contributed by atoms with E-state index in [2.05, 4.69) is 4.72 Å². The molecule has 0 fully saturated rings. The smallest absolute Gasteiger partial charge is 0.241 e. The molecule has 0 aliphatic heterocycles. The Morgan fingerprint density at radius 3 is 2.00 bits per heavy atom. The Hall–Kier alpha value is -0.910. The fourth-order valence-corrected chi connectivity index (χ4v) is 4.19. The molecule has 120 valence electrons. The molecule has 0 heterocycles. The van der Waals surface area contributed by atoms with Crippen LogP contribution in [-0.4, -0.2) is 26.7 Å². The number of nitrogens with one attached hydrogen (secondary N) is 1. The van der Waals surface area contributed by atoms with Gasteiger partial charge < -0.3 is 5.11 Å². The van der Waals surface area contributed by atoms with Gasteiger partial charge in [-0.2, -0.15) is 0 Å². The third kappa shape index (κ3) is 4.28. The van der Waals surface area contributed by atoms with E-state index < -0.39 is 10.0 Å². The molecule has 21 heavy (non-hydrogen) atoms. The van der Waals surface area contributed by atoms with Gasteiger partial charge in [0.2, 0.25) is 10.0 Å². The van der Waals surface area contributed by atoms with Gasteiger partial charge in [-0.1, -0.05) is 19.9 Å². The van der Waals surface area contributed by atoms with Crippen molar-refractivity contribution in [2.45, 2.75) is 52.9 Å². The molecule has 0 aliphatic carbocycles. The quantitative estimate of drug-likeness (QED) is 0.848. The summed E-state index contributed by atoms with van der Waals surface area (Å²) in [6.45, 7) is 11.8. The van der Waals surface area contributed by atoms with Gasteiger partial charge in [0.25, 0.3) is 0 Å². The predicted molar refractivity (Wildman–Crippen MR) is 86.1 cm³/mol. The van der Waals surface area contributed by atoms with E-state index in [-0.39, 0.29) is 12.0 Å². The molecule has 1 aromatic carbocycles. The van der Waals surface area contributed by atoms with E-state index >= 15 is 0 Å². The van der Waals surface area contributed by atoms with Crippen LogP contribution in [0, 0.1) is 33.1 Å². The molecule has 0 atom stereocenters. The van der Waals surface area contributed by atoms with E-state index in [4.69, 9.17) is 5.11 Å². The zero-order valence-electron chi connectivity index (χ0n) is 13.9. The second-order valence-corrected chi connectivity index (χ2v) is 8.26. The topological polar surface area (TPSA) is 66.4 Å². The molecule has 0 aromatic heterocycles. The van der Waals surface area contributed by atoms with Gasteiger partial charge in [-0.3, -0.25) is 0 Å². The van der Waals surface area contributed by atoms with Crippen LogP contribution in [0.5, 0.6) is 0 Å². The van der Waals surface area contributed by atoms with E-state index in [1.807, 2.05) is 47.6 Å². The highest BCUT2D eigenvalue weighted by atomic mass is 32.2. The summed E-state index contributed by atoms with van der Waals surface area (Å²) in [5, 5.41) is 9.03. The summed E-state index contributed by atoms with van der Waals surface area (Å²) in [5.41, 5.74) is 3.28. The third-order valence-corrected chi connectivity index (χ3v) is 5.77. The van der Waals surface area contributed by atoms with E-state index in [9.17, 15) is 8.42 Å². The number of aryl methyl sites for hydroxylation is 2. The first-order chi connectivity index (χ1) is 9.52. The van der Waals surface area contributed by atoms with E-state index in [1.165, 1.54) is 0 Å². The monoisotopic (exact) mass is 313 g/mol. The molecule has 0 spiro atoms. The Morgan fingerprint density at radius 2 is 1.57 bits per heavy atom. The maximum absolute atomic E-state index is 12.7. The number of sulfonamides is 1. The first-order valence-electron chi connectivity index (χ1n) is 7.20. The second kappa shape index (κ2) is 6.46. The van der Waals surface area contributed by atoms with Crippen molar-refractivity contribution < 1.29 is 13.5 Å². The molecule has 2 N–H and O–H groups in total. The van der Waals surface area contributed by atoms with Crippen molar-refractivity contribution in [3.63, 3.8) is 0 Å². The molecule has 0 saturated carbocycles. The molecule has 0 bridgehead atoms. The van der Waals surface area contributed by atoms with Crippen molar-refractivity contribution in [1.82, 2.24) is 4.72 Å². The van der Waals surface area contributed by atoms with Crippen LogP contribution in [-0.2, 0) is 10.0 Å². The largest absolute Gasteiger partial charge is 0.396 e. The lowest BCUT2D eigenvalue weighted by molar-refractivity contribution is 0.213. The first-order valence-corrected chi connectivity index (χ1v) is 8.68. The zero-order chi connectivity index (χ0) is 16.4. The average molecular weight is 313 g/mol. The fraction of sp³-hybridized carbons (Fsp3) is 0.625. The maximum Gasteiger partial charge on any atom is 0.241 e. The molecule has 0 radical (unpaired) electrons. The summed E-state index contributed by atoms with van der Waals surface area (Å²) in [5.74, 6) is 0. The molecule has 0 saturated heterocycles. The van der Waals surface area contributed by atoms with Crippen LogP contribution in [0.25, 0.3) is 0 Å². The first kappa shape index (κ1) is 18.1. The van der Waals surface area contributed by atoms with Gasteiger partial charge in [-0.25, -0.2) is 13.1 Å². The fourth-order valence-electron chi connectivity index (χ4n) is 2.34. The van der Waals surface area contributed by atoms with Crippen LogP contribution in [0.15, 0.2) is 11.0 Å².